The Morgan fingerprint density at radius 3 is 2.75 bits per heavy atom. The third kappa shape index (κ3) is 2.80. The lowest BCUT2D eigenvalue weighted by Crippen LogP contribution is -2.17. The second-order valence-electron chi connectivity index (χ2n) is 3.27. The summed E-state index contributed by atoms with van der Waals surface area (Å²) in [5.41, 5.74) is 0.594. The molecule has 0 aliphatic heterocycles. The number of aliphatic hydroxyl groups is 2. The van der Waals surface area contributed by atoms with E-state index in [1.165, 1.54) is 18.2 Å². The molecule has 0 heterocycles. The molecule has 0 aliphatic rings. The Bertz CT molecular complexity index is 428. The van der Waals surface area contributed by atoms with Crippen molar-refractivity contribution in [3.05, 3.63) is 34.3 Å². The van der Waals surface area contributed by atoms with Crippen LogP contribution in [0.4, 0.5) is 0 Å². The number of hydrogen-bond donors (Lipinski definition) is 2. The molecule has 4 nitrogen and oxygen atoms in total. The molecule has 0 bridgehead atoms. The Morgan fingerprint density at radius 1 is 1.50 bits per heavy atom. The Labute approximate surface area is 97.7 Å². The number of hydrogen-bond acceptors (Lipinski definition) is 4. The fourth-order valence-corrected chi connectivity index (χ4v) is 1.43. The summed E-state index contributed by atoms with van der Waals surface area (Å²) >= 11 is 5.71. The van der Waals surface area contributed by atoms with E-state index in [1.807, 2.05) is 0 Å². The van der Waals surface area contributed by atoms with Gasteiger partial charge in [-0.15, -0.1) is 0 Å². The average Bonchev–Trinajstić information content (AvgIpc) is 2.29. The molecule has 0 aromatic heterocycles. The zero-order valence-electron chi connectivity index (χ0n) is 8.30. The molecular formula is C11H10ClNO3. The van der Waals surface area contributed by atoms with Crippen LogP contribution in [0.25, 0.3) is 0 Å². The van der Waals surface area contributed by atoms with Crippen LogP contribution in [0.15, 0.2) is 18.2 Å². The van der Waals surface area contributed by atoms with Gasteiger partial charge in [0.15, 0.2) is 6.29 Å². The Balaban J connectivity index is 2.96. The first kappa shape index (κ1) is 12.7. The van der Waals surface area contributed by atoms with Crippen LogP contribution in [0.2, 0.25) is 5.02 Å². The standard InChI is InChI=1S/C11H10ClNO3/c12-9-2-1-7(5-8(9)6-14)11(16)10(15)3-4-13/h1-2,5-6,10-11,15-16H,3H2. The van der Waals surface area contributed by atoms with Crippen LogP contribution < -0.4 is 0 Å². The van der Waals surface area contributed by atoms with Crippen molar-refractivity contribution >= 4 is 17.9 Å². The molecule has 84 valence electrons. The van der Waals surface area contributed by atoms with E-state index in [1.54, 1.807) is 6.07 Å². The molecule has 2 atom stereocenters. The van der Waals surface area contributed by atoms with Gasteiger partial charge in [0.2, 0.25) is 0 Å². The van der Waals surface area contributed by atoms with Gasteiger partial charge in [0, 0.05) is 5.56 Å². The van der Waals surface area contributed by atoms with Crippen LogP contribution in [0.3, 0.4) is 0 Å². The predicted octanol–water partition coefficient (Wildman–Crippen LogP) is 1.46. The molecule has 2 unspecified atom stereocenters. The highest BCUT2D eigenvalue weighted by Gasteiger charge is 2.18. The van der Waals surface area contributed by atoms with Crippen molar-refractivity contribution in [1.82, 2.24) is 0 Å². The number of nitrogens with zero attached hydrogens (tertiary/aromatic N) is 1. The van der Waals surface area contributed by atoms with Crippen molar-refractivity contribution < 1.29 is 15.0 Å². The van der Waals surface area contributed by atoms with Crippen molar-refractivity contribution in [2.45, 2.75) is 18.6 Å². The minimum absolute atomic E-state index is 0.180. The number of aliphatic hydroxyl groups excluding tert-OH is 2. The van der Waals surface area contributed by atoms with Crippen LogP contribution in [-0.4, -0.2) is 22.6 Å². The summed E-state index contributed by atoms with van der Waals surface area (Å²) in [5, 5.41) is 27.7. The van der Waals surface area contributed by atoms with Gasteiger partial charge in [-0.1, -0.05) is 17.7 Å². The largest absolute Gasteiger partial charge is 0.389 e. The minimum Gasteiger partial charge on any atom is -0.389 e. The summed E-state index contributed by atoms with van der Waals surface area (Å²) in [7, 11) is 0. The van der Waals surface area contributed by atoms with Gasteiger partial charge in [-0.25, -0.2) is 0 Å². The molecule has 1 aromatic rings. The number of benzene rings is 1. The van der Waals surface area contributed by atoms with Crippen LogP contribution in [0, 0.1) is 11.3 Å². The molecule has 5 heteroatoms. The summed E-state index contributed by atoms with van der Waals surface area (Å²) in [5.74, 6) is 0. The minimum atomic E-state index is -1.20. The highest BCUT2D eigenvalue weighted by Crippen LogP contribution is 2.23. The summed E-state index contributed by atoms with van der Waals surface area (Å²) in [6.07, 6.45) is -1.99. The molecule has 0 fully saturated rings. The topological polar surface area (TPSA) is 81.3 Å². The number of rotatable bonds is 4. The first-order valence-corrected chi connectivity index (χ1v) is 4.95. The molecule has 0 spiro atoms. The summed E-state index contributed by atoms with van der Waals surface area (Å²) in [4.78, 5) is 10.6. The molecule has 1 aromatic carbocycles. The third-order valence-corrected chi connectivity index (χ3v) is 2.50. The van der Waals surface area contributed by atoms with Gasteiger partial charge in [-0.05, 0) is 17.7 Å². The highest BCUT2D eigenvalue weighted by molar-refractivity contribution is 6.32. The number of carbonyl (C=O) groups is 1. The van der Waals surface area contributed by atoms with Crippen molar-refractivity contribution in [3.63, 3.8) is 0 Å². The molecular weight excluding hydrogens is 230 g/mol. The zero-order chi connectivity index (χ0) is 12.1. The van der Waals surface area contributed by atoms with E-state index >= 15 is 0 Å². The van der Waals surface area contributed by atoms with E-state index in [0.717, 1.165) is 0 Å². The van der Waals surface area contributed by atoms with E-state index in [9.17, 15) is 15.0 Å². The Morgan fingerprint density at radius 2 is 2.19 bits per heavy atom. The quantitative estimate of drug-likeness (QED) is 0.780. The van der Waals surface area contributed by atoms with Crippen LogP contribution in [0.1, 0.15) is 28.4 Å². The number of halogens is 1. The second kappa shape index (κ2) is 5.61. The predicted molar refractivity (Wildman–Crippen MR) is 58.0 cm³/mol. The van der Waals surface area contributed by atoms with E-state index < -0.39 is 12.2 Å². The van der Waals surface area contributed by atoms with E-state index in [2.05, 4.69) is 0 Å². The molecule has 16 heavy (non-hydrogen) atoms. The lowest BCUT2D eigenvalue weighted by atomic mass is 10.0. The Hall–Kier alpha value is -1.41. The van der Waals surface area contributed by atoms with Gasteiger partial charge < -0.3 is 10.2 Å². The lowest BCUT2D eigenvalue weighted by molar-refractivity contribution is 0.0216. The molecule has 1 rings (SSSR count). The van der Waals surface area contributed by atoms with Gasteiger partial charge in [-0.3, -0.25) is 4.79 Å². The zero-order valence-corrected chi connectivity index (χ0v) is 9.05. The first-order chi connectivity index (χ1) is 7.60. The third-order valence-electron chi connectivity index (χ3n) is 2.15. The van der Waals surface area contributed by atoms with Crippen LogP contribution in [-0.2, 0) is 0 Å². The number of carbonyl (C=O) groups excluding carboxylic acids is 1. The molecule has 0 saturated heterocycles. The SMILES string of the molecule is N#CCC(O)C(O)c1ccc(Cl)c(C=O)c1. The van der Waals surface area contributed by atoms with Crippen molar-refractivity contribution in [2.75, 3.05) is 0 Å². The first-order valence-electron chi connectivity index (χ1n) is 4.58. The fourth-order valence-electron chi connectivity index (χ4n) is 1.26. The summed E-state index contributed by atoms with van der Waals surface area (Å²) in [6.45, 7) is 0. The molecule has 0 radical (unpaired) electrons. The van der Waals surface area contributed by atoms with Crippen molar-refractivity contribution in [2.24, 2.45) is 0 Å². The fraction of sp³-hybridized carbons (Fsp3) is 0.273. The molecule has 0 aliphatic carbocycles. The van der Waals surface area contributed by atoms with E-state index in [0.29, 0.717) is 11.8 Å². The van der Waals surface area contributed by atoms with Crippen molar-refractivity contribution in [1.29, 1.82) is 5.26 Å². The summed E-state index contributed by atoms with van der Waals surface area (Å²) in [6, 6.07) is 6.10. The van der Waals surface area contributed by atoms with Crippen LogP contribution >= 0.6 is 11.6 Å². The van der Waals surface area contributed by atoms with E-state index in [-0.39, 0.29) is 17.0 Å². The maximum absolute atomic E-state index is 10.6. The monoisotopic (exact) mass is 239 g/mol. The average molecular weight is 240 g/mol. The van der Waals surface area contributed by atoms with E-state index in [4.69, 9.17) is 16.9 Å². The number of nitriles is 1. The summed E-state index contributed by atoms with van der Waals surface area (Å²) < 4.78 is 0. The van der Waals surface area contributed by atoms with Gasteiger partial charge in [0.1, 0.15) is 6.10 Å². The number of aldehydes is 1. The smallest absolute Gasteiger partial charge is 0.151 e. The maximum atomic E-state index is 10.6. The Kier molecular flexibility index (Phi) is 4.44. The molecule has 0 saturated carbocycles. The molecule has 2 N–H and O–H groups in total. The second-order valence-corrected chi connectivity index (χ2v) is 3.68. The van der Waals surface area contributed by atoms with Gasteiger partial charge in [0.25, 0.3) is 0 Å². The van der Waals surface area contributed by atoms with Gasteiger partial charge in [-0.2, -0.15) is 5.26 Å². The maximum Gasteiger partial charge on any atom is 0.151 e. The van der Waals surface area contributed by atoms with Crippen LogP contribution in [0.5, 0.6) is 0 Å². The highest BCUT2D eigenvalue weighted by atomic mass is 35.5. The van der Waals surface area contributed by atoms with Gasteiger partial charge >= 0.3 is 0 Å². The molecule has 0 amide bonds. The normalized spacial score (nSPS) is 13.9. The lowest BCUT2D eigenvalue weighted by Gasteiger charge is -2.16. The van der Waals surface area contributed by atoms with Crippen molar-refractivity contribution in [3.8, 4) is 6.07 Å². The van der Waals surface area contributed by atoms with Gasteiger partial charge in [0.05, 0.1) is 23.6 Å².